The molecule has 7 nitrogen and oxygen atoms in total. The fraction of sp³-hybridized carbons (Fsp3) is 0.636. The molecule has 0 aliphatic carbocycles. The molecule has 1 aliphatic heterocycles. The Bertz CT molecular complexity index is 682. The molecule has 1 aliphatic rings. The van der Waals surface area contributed by atoms with Gasteiger partial charge in [-0.05, 0) is 57.5 Å². The molecule has 0 aromatic heterocycles. The summed E-state index contributed by atoms with van der Waals surface area (Å²) in [5.74, 6) is 1.41. The molecule has 1 saturated heterocycles. The zero-order chi connectivity index (χ0) is 21.3. The Kier molecular flexibility index (Phi) is 8.76. The number of hydrogen-bond acceptors (Lipinski definition) is 4. The van der Waals surface area contributed by atoms with Crippen LogP contribution in [0.1, 0.15) is 38.7 Å². The number of hydrogen-bond donors (Lipinski definition) is 2. The lowest BCUT2D eigenvalue weighted by Crippen LogP contribution is -2.54. The molecule has 162 valence electrons. The van der Waals surface area contributed by atoms with Crippen molar-refractivity contribution in [3.05, 3.63) is 29.8 Å². The first kappa shape index (κ1) is 23.0. The van der Waals surface area contributed by atoms with Crippen LogP contribution in [-0.4, -0.2) is 74.6 Å². The Balaban J connectivity index is 1.82. The smallest absolute Gasteiger partial charge is 0.259 e. The summed E-state index contributed by atoms with van der Waals surface area (Å²) in [5.41, 5.74) is 1.16. The minimum atomic E-state index is -0.0607. The highest BCUT2D eigenvalue weighted by Crippen LogP contribution is 2.19. The van der Waals surface area contributed by atoms with Crippen molar-refractivity contribution in [3.8, 4) is 5.75 Å². The molecule has 0 radical (unpaired) electrons. The van der Waals surface area contributed by atoms with Crippen LogP contribution in [0.2, 0.25) is 0 Å². The van der Waals surface area contributed by atoms with Crippen molar-refractivity contribution in [2.75, 3.05) is 47.4 Å². The van der Waals surface area contributed by atoms with Crippen LogP contribution < -0.4 is 15.4 Å². The number of carbonyl (C=O) groups excluding carboxylic acids is 1. The SMILES string of the molecule is CN=C(NCc1cccc(OCC(=O)N(C)C)c1)NCC(C)(C)N1CCCCC1. The Labute approximate surface area is 175 Å². The zero-order valence-electron chi connectivity index (χ0n) is 18.6. The molecule has 29 heavy (non-hydrogen) atoms. The van der Waals surface area contributed by atoms with E-state index in [4.69, 9.17) is 4.74 Å². The summed E-state index contributed by atoms with van der Waals surface area (Å²) >= 11 is 0. The van der Waals surface area contributed by atoms with E-state index in [-0.39, 0.29) is 18.1 Å². The number of carbonyl (C=O) groups is 1. The first-order valence-electron chi connectivity index (χ1n) is 10.4. The lowest BCUT2D eigenvalue weighted by Gasteiger charge is -2.41. The number of piperidine rings is 1. The first-order valence-corrected chi connectivity index (χ1v) is 10.4. The molecule has 1 heterocycles. The van der Waals surface area contributed by atoms with Gasteiger partial charge in [0.15, 0.2) is 12.6 Å². The number of ether oxygens (including phenoxy) is 1. The fourth-order valence-electron chi connectivity index (χ4n) is 3.34. The molecule has 1 aromatic carbocycles. The van der Waals surface area contributed by atoms with Crippen molar-refractivity contribution < 1.29 is 9.53 Å². The van der Waals surface area contributed by atoms with Gasteiger partial charge >= 0.3 is 0 Å². The van der Waals surface area contributed by atoms with Crippen LogP contribution in [0, 0.1) is 0 Å². The Hall–Kier alpha value is -2.28. The van der Waals surface area contributed by atoms with E-state index in [1.807, 2.05) is 24.3 Å². The van der Waals surface area contributed by atoms with Gasteiger partial charge in [-0.3, -0.25) is 14.7 Å². The highest BCUT2D eigenvalue weighted by atomic mass is 16.5. The van der Waals surface area contributed by atoms with Crippen molar-refractivity contribution in [2.45, 2.75) is 45.2 Å². The summed E-state index contributed by atoms with van der Waals surface area (Å²) in [4.78, 5) is 20.1. The number of guanidine groups is 1. The summed E-state index contributed by atoms with van der Waals surface area (Å²) in [5, 5.41) is 6.82. The summed E-state index contributed by atoms with van der Waals surface area (Å²) in [7, 11) is 5.23. The van der Waals surface area contributed by atoms with Gasteiger partial charge in [0, 0.05) is 39.8 Å². The molecular formula is C22H37N5O2. The summed E-state index contributed by atoms with van der Waals surface area (Å²) < 4.78 is 5.59. The van der Waals surface area contributed by atoms with E-state index in [0.29, 0.717) is 12.3 Å². The van der Waals surface area contributed by atoms with Gasteiger partial charge in [0.1, 0.15) is 5.75 Å². The molecule has 0 spiro atoms. The summed E-state index contributed by atoms with van der Waals surface area (Å²) in [6, 6.07) is 7.77. The van der Waals surface area contributed by atoms with Gasteiger partial charge < -0.3 is 20.3 Å². The Morgan fingerprint density at radius 2 is 1.93 bits per heavy atom. The van der Waals surface area contributed by atoms with Crippen molar-refractivity contribution in [1.82, 2.24) is 20.4 Å². The highest BCUT2D eigenvalue weighted by Gasteiger charge is 2.27. The molecule has 2 rings (SSSR count). The number of rotatable bonds is 8. The van der Waals surface area contributed by atoms with Gasteiger partial charge in [-0.2, -0.15) is 0 Å². The lowest BCUT2D eigenvalue weighted by molar-refractivity contribution is -0.130. The third-order valence-corrected chi connectivity index (χ3v) is 5.34. The summed E-state index contributed by atoms with van der Waals surface area (Å²) in [6.45, 7) is 8.42. The average Bonchev–Trinajstić information content (AvgIpc) is 2.73. The second kappa shape index (κ2) is 11.0. The van der Waals surface area contributed by atoms with E-state index in [0.717, 1.165) is 18.1 Å². The molecule has 0 bridgehead atoms. The number of aliphatic imine (C=N–C) groups is 1. The van der Waals surface area contributed by atoms with Crippen LogP contribution in [-0.2, 0) is 11.3 Å². The van der Waals surface area contributed by atoms with Crippen LogP contribution in [0.25, 0.3) is 0 Å². The van der Waals surface area contributed by atoms with Crippen molar-refractivity contribution in [1.29, 1.82) is 0 Å². The van der Waals surface area contributed by atoms with E-state index in [1.54, 1.807) is 21.1 Å². The van der Waals surface area contributed by atoms with Crippen LogP contribution in [0.5, 0.6) is 5.75 Å². The maximum Gasteiger partial charge on any atom is 0.259 e. The van der Waals surface area contributed by atoms with Gasteiger partial charge in [-0.25, -0.2) is 0 Å². The molecule has 2 N–H and O–H groups in total. The lowest BCUT2D eigenvalue weighted by atomic mass is 9.98. The molecule has 7 heteroatoms. The third kappa shape index (κ3) is 7.57. The predicted molar refractivity (Wildman–Crippen MR) is 118 cm³/mol. The van der Waals surface area contributed by atoms with Gasteiger partial charge in [0.05, 0.1) is 0 Å². The van der Waals surface area contributed by atoms with Crippen LogP contribution in [0.4, 0.5) is 0 Å². The van der Waals surface area contributed by atoms with E-state index in [1.165, 1.54) is 37.3 Å². The van der Waals surface area contributed by atoms with Crippen molar-refractivity contribution in [2.24, 2.45) is 4.99 Å². The average molecular weight is 404 g/mol. The number of benzene rings is 1. The fourth-order valence-corrected chi connectivity index (χ4v) is 3.34. The molecule has 1 amide bonds. The molecule has 0 atom stereocenters. The van der Waals surface area contributed by atoms with E-state index in [9.17, 15) is 4.79 Å². The monoisotopic (exact) mass is 403 g/mol. The second-order valence-corrected chi connectivity index (χ2v) is 8.36. The molecule has 1 fully saturated rings. The normalized spacial score (nSPS) is 15.7. The largest absolute Gasteiger partial charge is 0.484 e. The topological polar surface area (TPSA) is 69.2 Å². The number of nitrogens with one attached hydrogen (secondary N) is 2. The first-order chi connectivity index (χ1) is 13.8. The zero-order valence-corrected chi connectivity index (χ0v) is 18.6. The highest BCUT2D eigenvalue weighted by molar-refractivity contribution is 5.79. The quantitative estimate of drug-likeness (QED) is 0.514. The van der Waals surface area contributed by atoms with Crippen molar-refractivity contribution in [3.63, 3.8) is 0 Å². The maximum atomic E-state index is 11.7. The third-order valence-electron chi connectivity index (χ3n) is 5.34. The molecule has 1 aromatic rings. The van der Waals surface area contributed by atoms with Crippen LogP contribution in [0.3, 0.4) is 0 Å². The minimum absolute atomic E-state index is 0.0404. The van der Waals surface area contributed by atoms with E-state index < -0.39 is 0 Å². The van der Waals surface area contributed by atoms with Gasteiger partial charge in [-0.1, -0.05) is 18.6 Å². The Morgan fingerprint density at radius 1 is 1.21 bits per heavy atom. The molecular weight excluding hydrogens is 366 g/mol. The van der Waals surface area contributed by atoms with E-state index >= 15 is 0 Å². The number of amides is 1. The summed E-state index contributed by atoms with van der Waals surface area (Å²) in [6.07, 6.45) is 3.92. The van der Waals surface area contributed by atoms with Gasteiger partial charge in [0.2, 0.25) is 0 Å². The minimum Gasteiger partial charge on any atom is -0.484 e. The molecule has 0 saturated carbocycles. The van der Waals surface area contributed by atoms with Gasteiger partial charge in [0.25, 0.3) is 5.91 Å². The standard InChI is InChI=1S/C22H37N5O2/c1-22(2,27-12-7-6-8-13-27)17-25-21(23-3)24-15-18-10-9-11-19(14-18)29-16-20(28)26(4)5/h9-11,14H,6-8,12-13,15-17H2,1-5H3,(H2,23,24,25). The number of nitrogens with zero attached hydrogens (tertiary/aromatic N) is 3. The predicted octanol–water partition coefficient (Wildman–Crippen LogP) is 2.08. The molecule has 0 unspecified atom stereocenters. The van der Waals surface area contributed by atoms with Gasteiger partial charge in [-0.15, -0.1) is 0 Å². The number of likely N-dealkylation sites (N-methyl/N-ethyl adjacent to an activating group) is 1. The van der Waals surface area contributed by atoms with Crippen molar-refractivity contribution >= 4 is 11.9 Å². The number of likely N-dealkylation sites (tertiary alicyclic amines) is 1. The maximum absolute atomic E-state index is 11.7. The second-order valence-electron chi connectivity index (χ2n) is 8.36. The van der Waals surface area contributed by atoms with E-state index in [2.05, 4.69) is 34.4 Å². The van der Waals surface area contributed by atoms with Crippen LogP contribution >= 0.6 is 0 Å². The Morgan fingerprint density at radius 3 is 2.59 bits per heavy atom. The van der Waals surface area contributed by atoms with Crippen LogP contribution in [0.15, 0.2) is 29.3 Å².